The van der Waals surface area contributed by atoms with E-state index in [1.54, 1.807) is 109 Å². The Kier molecular flexibility index (Phi) is 15.8. The van der Waals surface area contributed by atoms with Gasteiger partial charge < -0.3 is 47.7 Å². The van der Waals surface area contributed by atoms with Crippen LogP contribution in [0, 0.1) is 0 Å². The highest BCUT2D eigenvalue weighted by atomic mass is 16.8. The second-order valence-corrected chi connectivity index (χ2v) is 16.0. The highest BCUT2D eigenvalue weighted by Crippen LogP contribution is 2.36. The lowest BCUT2D eigenvalue weighted by Crippen LogP contribution is -2.66. The van der Waals surface area contributed by atoms with E-state index in [-0.39, 0.29) is 33.4 Å². The first-order valence-electron chi connectivity index (χ1n) is 22.2. The maximum Gasteiger partial charge on any atom is 0.338 e. The molecular formula is C54H46O16. The van der Waals surface area contributed by atoms with Crippen molar-refractivity contribution in [1.82, 2.24) is 0 Å². The largest absolute Gasteiger partial charge is 0.459 e. The molecule has 16 heteroatoms. The number of benzene rings is 6. The molecule has 0 saturated carbocycles. The summed E-state index contributed by atoms with van der Waals surface area (Å²) in [4.78, 5) is 83.2. The van der Waals surface area contributed by atoms with Crippen molar-refractivity contribution in [2.24, 2.45) is 0 Å². The van der Waals surface area contributed by atoms with Gasteiger partial charge in [0.1, 0.15) is 18.8 Å². The van der Waals surface area contributed by atoms with Crippen LogP contribution in [0.4, 0.5) is 0 Å². The summed E-state index contributed by atoms with van der Waals surface area (Å²) in [5.41, 5.74) is 0.571. The zero-order valence-corrected chi connectivity index (χ0v) is 37.4. The standard InChI is InChI=1S/C54H46O16/c1-33-41(65-48(56)35-22-10-3-11-23-35)43(67-50(58)37-26-14-5-15-27-37)46(69-52(60)39-30-18-7-19-31-39)54(63-33)70-44-42(66-49(57)36-24-12-4-13-25-36)40(32-62-47(55)34-20-8-2-9-21-34)64-53(61)45(44)68-51(59)38-28-16-6-17-29-38/h2-31,33,40-46,53-54,61H,32H2,1H3/t33-,40+,41+,42+,43+,44-,45+,46+,53-,54-/m0/s1. The van der Waals surface area contributed by atoms with E-state index in [1.807, 2.05) is 0 Å². The monoisotopic (exact) mass is 950 g/mol. The molecule has 0 aromatic heterocycles. The van der Waals surface area contributed by atoms with Crippen LogP contribution in [0.15, 0.2) is 182 Å². The Bertz CT molecular complexity index is 2710. The molecule has 0 unspecified atom stereocenters. The van der Waals surface area contributed by atoms with E-state index < -0.39 is 104 Å². The van der Waals surface area contributed by atoms with E-state index in [2.05, 4.69) is 0 Å². The number of hydrogen-bond acceptors (Lipinski definition) is 16. The van der Waals surface area contributed by atoms with Crippen molar-refractivity contribution in [2.75, 3.05) is 6.61 Å². The average molecular weight is 951 g/mol. The van der Waals surface area contributed by atoms with Crippen molar-refractivity contribution in [3.63, 3.8) is 0 Å². The molecule has 2 saturated heterocycles. The summed E-state index contributed by atoms with van der Waals surface area (Å²) < 4.78 is 55.2. The number of ether oxygens (including phenoxy) is 9. The highest BCUT2D eigenvalue weighted by Gasteiger charge is 2.57. The molecule has 358 valence electrons. The number of rotatable bonds is 15. The van der Waals surface area contributed by atoms with Crippen LogP contribution in [0.2, 0.25) is 0 Å². The molecule has 0 bridgehead atoms. The zero-order valence-electron chi connectivity index (χ0n) is 37.4. The molecule has 16 nitrogen and oxygen atoms in total. The van der Waals surface area contributed by atoms with Crippen molar-refractivity contribution in [3.8, 4) is 0 Å². The van der Waals surface area contributed by atoms with E-state index in [0.29, 0.717) is 0 Å². The Morgan fingerprint density at radius 1 is 0.386 bits per heavy atom. The molecular weight excluding hydrogens is 905 g/mol. The van der Waals surface area contributed by atoms with Gasteiger partial charge in [-0.3, -0.25) is 0 Å². The Labute approximate surface area is 401 Å². The summed E-state index contributed by atoms with van der Waals surface area (Å²) in [6.07, 6.45) is -17.2. The van der Waals surface area contributed by atoms with Gasteiger partial charge in [0.2, 0.25) is 0 Å². The summed E-state index contributed by atoms with van der Waals surface area (Å²) in [5, 5.41) is 11.8. The first-order chi connectivity index (χ1) is 34.0. The maximum atomic E-state index is 14.2. The minimum Gasteiger partial charge on any atom is -0.459 e. The van der Waals surface area contributed by atoms with E-state index in [0.717, 1.165) is 0 Å². The molecule has 1 N–H and O–H groups in total. The highest BCUT2D eigenvalue weighted by molar-refractivity contribution is 5.92. The smallest absolute Gasteiger partial charge is 0.338 e. The van der Waals surface area contributed by atoms with Gasteiger partial charge in [0.15, 0.2) is 43.1 Å². The summed E-state index contributed by atoms with van der Waals surface area (Å²) in [6.45, 7) is 0.836. The van der Waals surface area contributed by atoms with Gasteiger partial charge in [0.05, 0.1) is 39.5 Å². The molecule has 6 aromatic carbocycles. The van der Waals surface area contributed by atoms with Crippen LogP contribution >= 0.6 is 0 Å². The van der Waals surface area contributed by atoms with E-state index in [1.165, 1.54) is 79.7 Å². The molecule has 6 aromatic rings. The van der Waals surface area contributed by atoms with Crippen molar-refractivity contribution >= 4 is 35.8 Å². The van der Waals surface area contributed by atoms with Crippen molar-refractivity contribution in [3.05, 3.63) is 215 Å². The van der Waals surface area contributed by atoms with Crippen molar-refractivity contribution in [2.45, 2.75) is 68.3 Å². The number of aliphatic hydroxyl groups excluding tert-OH is 1. The normalized spacial score (nSPS) is 23.9. The van der Waals surface area contributed by atoms with Gasteiger partial charge in [0.25, 0.3) is 0 Å². The summed E-state index contributed by atoms with van der Waals surface area (Å²) in [6, 6.07) is 47.2. The Morgan fingerprint density at radius 2 is 0.700 bits per heavy atom. The van der Waals surface area contributed by atoms with Crippen molar-refractivity contribution < 1.29 is 76.5 Å². The number of hydrogen-bond donors (Lipinski definition) is 1. The van der Waals surface area contributed by atoms with Crippen LogP contribution in [-0.4, -0.2) is 109 Å². The summed E-state index contributed by atoms with van der Waals surface area (Å²) >= 11 is 0. The van der Waals surface area contributed by atoms with Gasteiger partial charge in [-0.15, -0.1) is 0 Å². The van der Waals surface area contributed by atoms with Crippen LogP contribution in [0.1, 0.15) is 69.1 Å². The average Bonchev–Trinajstić information content (AvgIpc) is 3.40. The van der Waals surface area contributed by atoms with E-state index in [9.17, 15) is 33.9 Å². The predicted octanol–water partition coefficient (Wildman–Crippen LogP) is 6.82. The third-order valence-electron chi connectivity index (χ3n) is 11.3. The minimum atomic E-state index is -2.07. The quantitative estimate of drug-likeness (QED) is 0.0828. The Balaban J connectivity index is 1.22. The van der Waals surface area contributed by atoms with Gasteiger partial charge in [-0.25, -0.2) is 28.8 Å². The third kappa shape index (κ3) is 11.8. The molecule has 0 amide bonds. The Morgan fingerprint density at radius 3 is 1.09 bits per heavy atom. The van der Waals surface area contributed by atoms with Gasteiger partial charge in [0, 0.05) is 0 Å². The van der Waals surface area contributed by atoms with Crippen molar-refractivity contribution in [1.29, 1.82) is 0 Å². The van der Waals surface area contributed by atoms with Crippen LogP contribution in [0.25, 0.3) is 0 Å². The van der Waals surface area contributed by atoms with Gasteiger partial charge >= 0.3 is 35.8 Å². The minimum absolute atomic E-state index is 0.0527. The molecule has 2 heterocycles. The molecule has 70 heavy (non-hydrogen) atoms. The van der Waals surface area contributed by atoms with Crippen LogP contribution < -0.4 is 0 Å². The fourth-order valence-electron chi connectivity index (χ4n) is 7.76. The lowest BCUT2D eigenvalue weighted by Gasteiger charge is -2.48. The van der Waals surface area contributed by atoms with Gasteiger partial charge in [-0.1, -0.05) is 109 Å². The third-order valence-corrected chi connectivity index (χ3v) is 11.3. The number of esters is 6. The summed E-state index contributed by atoms with van der Waals surface area (Å²) in [7, 11) is 0. The van der Waals surface area contributed by atoms with Gasteiger partial charge in [-0.2, -0.15) is 0 Å². The SMILES string of the molecule is C[C@@H]1O[C@@H](O[C@@H]2[C@@H](OC(=O)c3ccccc3)[C@@H](O)O[C@H](COC(=O)c3ccccc3)[C@H]2OC(=O)c2ccccc2)[C@H](OC(=O)c2ccccc2)[C@H](OC(=O)c2ccccc2)[C@@H]1OC(=O)c1ccccc1. The molecule has 8 rings (SSSR count). The first kappa shape index (κ1) is 48.4. The zero-order chi connectivity index (χ0) is 49.0. The number of carbonyl (C=O) groups is 6. The fourth-order valence-corrected chi connectivity index (χ4v) is 7.76. The molecule has 0 aliphatic carbocycles. The molecule has 2 aliphatic heterocycles. The van der Waals surface area contributed by atoms with Crippen LogP contribution in [0.3, 0.4) is 0 Å². The van der Waals surface area contributed by atoms with Crippen LogP contribution in [0.5, 0.6) is 0 Å². The summed E-state index contributed by atoms with van der Waals surface area (Å²) in [5.74, 6) is -5.39. The Hall–Kier alpha value is -8.02. The second kappa shape index (κ2) is 22.9. The number of aliphatic hydroxyl groups is 1. The molecule has 0 spiro atoms. The van der Waals surface area contributed by atoms with E-state index in [4.69, 9.17) is 42.6 Å². The second-order valence-electron chi connectivity index (χ2n) is 16.0. The molecule has 10 atom stereocenters. The molecule has 2 fully saturated rings. The topological polar surface area (TPSA) is 206 Å². The van der Waals surface area contributed by atoms with Gasteiger partial charge in [-0.05, 0) is 79.7 Å². The lowest BCUT2D eigenvalue weighted by atomic mass is 9.96. The van der Waals surface area contributed by atoms with E-state index >= 15 is 0 Å². The maximum absolute atomic E-state index is 14.2. The fraction of sp³-hybridized carbons (Fsp3) is 0.222. The molecule has 0 radical (unpaired) electrons. The number of carbonyl (C=O) groups excluding carboxylic acids is 6. The predicted molar refractivity (Wildman–Crippen MR) is 245 cm³/mol. The lowest BCUT2D eigenvalue weighted by molar-refractivity contribution is -0.349. The van der Waals surface area contributed by atoms with Crippen LogP contribution in [-0.2, 0) is 42.6 Å². The molecule has 2 aliphatic rings. The first-order valence-corrected chi connectivity index (χ1v) is 22.2.